The lowest BCUT2D eigenvalue weighted by Crippen LogP contribution is -1.97. The Kier molecular flexibility index (Phi) is 2.01. The van der Waals surface area contributed by atoms with Crippen LogP contribution in [0.2, 0.25) is 5.02 Å². The van der Waals surface area contributed by atoms with E-state index >= 15 is 0 Å². The van der Waals surface area contributed by atoms with Gasteiger partial charge in [0.1, 0.15) is 0 Å². The van der Waals surface area contributed by atoms with Gasteiger partial charge < -0.3 is 8.37 Å². The molecule has 0 N–H and O–H groups in total. The SMILES string of the molecule is C=Cc1ccc2c(c1Cl)OS(=O)O2. The Morgan fingerprint density at radius 3 is 2.92 bits per heavy atom. The molecule has 1 aromatic carbocycles. The maximum Gasteiger partial charge on any atom is 0.418 e. The maximum absolute atomic E-state index is 10.8. The number of benzene rings is 1. The summed E-state index contributed by atoms with van der Waals surface area (Å²) in [6.07, 6.45) is 1.59. The molecule has 1 heterocycles. The third-order valence-electron chi connectivity index (χ3n) is 1.62. The van der Waals surface area contributed by atoms with Gasteiger partial charge in [0.15, 0.2) is 5.75 Å². The summed E-state index contributed by atoms with van der Waals surface area (Å²) in [5.41, 5.74) is 0.725. The van der Waals surface area contributed by atoms with E-state index in [-0.39, 0.29) is 0 Å². The zero-order valence-corrected chi connectivity index (χ0v) is 8.02. The van der Waals surface area contributed by atoms with Crippen molar-refractivity contribution in [3.63, 3.8) is 0 Å². The third-order valence-corrected chi connectivity index (χ3v) is 2.63. The molecule has 0 spiro atoms. The minimum absolute atomic E-state index is 0.317. The lowest BCUT2D eigenvalue weighted by atomic mass is 10.2. The Morgan fingerprint density at radius 2 is 2.23 bits per heavy atom. The molecule has 1 aliphatic rings. The van der Waals surface area contributed by atoms with Crippen LogP contribution in [0.1, 0.15) is 5.56 Å². The van der Waals surface area contributed by atoms with Crippen molar-refractivity contribution in [2.45, 2.75) is 0 Å². The monoisotopic (exact) mass is 216 g/mol. The topological polar surface area (TPSA) is 35.5 Å². The van der Waals surface area contributed by atoms with Crippen LogP contribution in [0.25, 0.3) is 6.08 Å². The first-order chi connectivity index (χ1) is 6.22. The van der Waals surface area contributed by atoms with E-state index in [1.165, 1.54) is 0 Å². The molecule has 0 amide bonds. The molecule has 1 aliphatic heterocycles. The Hall–Kier alpha value is -1.00. The minimum Gasteiger partial charge on any atom is -0.367 e. The first-order valence-electron chi connectivity index (χ1n) is 3.45. The molecule has 3 nitrogen and oxygen atoms in total. The van der Waals surface area contributed by atoms with Gasteiger partial charge in [0.2, 0.25) is 5.75 Å². The van der Waals surface area contributed by atoms with E-state index in [1.54, 1.807) is 18.2 Å². The van der Waals surface area contributed by atoms with Crippen molar-refractivity contribution in [1.82, 2.24) is 0 Å². The van der Waals surface area contributed by atoms with Crippen LogP contribution in [0.5, 0.6) is 11.5 Å². The molecule has 0 bridgehead atoms. The van der Waals surface area contributed by atoms with Crippen molar-refractivity contribution in [3.8, 4) is 11.5 Å². The van der Waals surface area contributed by atoms with E-state index in [4.69, 9.17) is 20.0 Å². The third kappa shape index (κ3) is 1.32. The molecule has 0 saturated carbocycles. The second kappa shape index (κ2) is 3.05. The summed E-state index contributed by atoms with van der Waals surface area (Å²) in [5.74, 6) is 0.714. The van der Waals surface area contributed by atoms with Crippen molar-refractivity contribution in [3.05, 3.63) is 29.3 Å². The van der Waals surface area contributed by atoms with E-state index in [1.807, 2.05) is 0 Å². The molecular weight excluding hydrogens is 212 g/mol. The molecule has 0 aromatic heterocycles. The first kappa shape index (κ1) is 8.59. The van der Waals surface area contributed by atoms with Crippen molar-refractivity contribution in [2.24, 2.45) is 0 Å². The maximum atomic E-state index is 10.8. The fraction of sp³-hybridized carbons (Fsp3) is 0. The average molecular weight is 217 g/mol. The summed E-state index contributed by atoms with van der Waals surface area (Å²) in [6.45, 7) is 3.58. The van der Waals surface area contributed by atoms with Gasteiger partial charge in [-0.25, -0.2) is 0 Å². The van der Waals surface area contributed by atoms with Crippen LogP contribution in [-0.4, -0.2) is 4.21 Å². The summed E-state index contributed by atoms with van der Waals surface area (Å²) in [5, 5.41) is 0.373. The second-order valence-electron chi connectivity index (χ2n) is 2.37. The van der Waals surface area contributed by atoms with Crippen LogP contribution in [0.4, 0.5) is 0 Å². The van der Waals surface area contributed by atoms with Gasteiger partial charge in [0.25, 0.3) is 0 Å². The molecule has 2 rings (SSSR count). The number of rotatable bonds is 1. The van der Waals surface area contributed by atoms with Gasteiger partial charge in [0, 0.05) is 0 Å². The summed E-state index contributed by atoms with van der Waals surface area (Å²) < 4.78 is 20.5. The molecule has 1 aromatic rings. The van der Waals surface area contributed by atoms with E-state index in [9.17, 15) is 4.21 Å². The van der Waals surface area contributed by atoms with Crippen LogP contribution in [0, 0.1) is 0 Å². The van der Waals surface area contributed by atoms with Crippen LogP contribution < -0.4 is 8.37 Å². The number of fused-ring (bicyclic) bond motifs is 1. The lowest BCUT2D eigenvalue weighted by Gasteiger charge is -1.99. The molecule has 0 radical (unpaired) electrons. The molecule has 68 valence electrons. The van der Waals surface area contributed by atoms with Crippen molar-refractivity contribution < 1.29 is 12.6 Å². The predicted molar refractivity (Wildman–Crippen MR) is 50.9 cm³/mol. The van der Waals surface area contributed by atoms with Crippen LogP contribution in [0.15, 0.2) is 18.7 Å². The molecule has 5 heteroatoms. The normalized spacial score (nSPS) is 18.7. The zero-order valence-electron chi connectivity index (χ0n) is 6.45. The van der Waals surface area contributed by atoms with E-state index in [2.05, 4.69) is 6.58 Å². The molecule has 1 atom stereocenters. The summed E-state index contributed by atoms with van der Waals surface area (Å²) in [7, 11) is 0. The summed E-state index contributed by atoms with van der Waals surface area (Å²) in [6, 6.07) is 3.36. The smallest absolute Gasteiger partial charge is 0.367 e. The van der Waals surface area contributed by atoms with Gasteiger partial charge in [-0.1, -0.05) is 24.3 Å². The Labute approximate surface area is 82.8 Å². The number of halogens is 1. The second-order valence-corrected chi connectivity index (χ2v) is 3.49. The van der Waals surface area contributed by atoms with Gasteiger partial charge in [0.05, 0.1) is 5.02 Å². The fourth-order valence-electron chi connectivity index (χ4n) is 1.01. The standard InChI is InChI=1S/C8H5ClO3S/c1-2-5-3-4-6-8(7(5)9)12-13(10)11-6/h2-4H,1H2. The largest absolute Gasteiger partial charge is 0.418 e. The van der Waals surface area contributed by atoms with Crippen molar-refractivity contribution >= 4 is 29.0 Å². The molecule has 0 fully saturated rings. The summed E-state index contributed by atoms with van der Waals surface area (Å²) in [4.78, 5) is 0. The van der Waals surface area contributed by atoms with Crippen LogP contribution in [0.3, 0.4) is 0 Å². The Balaban J connectivity index is 2.60. The Bertz CT molecular complexity index is 403. The molecule has 13 heavy (non-hydrogen) atoms. The molecule has 0 saturated heterocycles. The van der Waals surface area contributed by atoms with Crippen LogP contribution in [-0.2, 0) is 11.4 Å². The predicted octanol–water partition coefficient (Wildman–Crippen LogP) is 2.33. The summed E-state index contributed by atoms with van der Waals surface area (Å²) >= 11 is 4.15. The van der Waals surface area contributed by atoms with Crippen LogP contribution >= 0.6 is 11.6 Å². The van der Waals surface area contributed by atoms with Crippen molar-refractivity contribution in [2.75, 3.05) is 0 Å². The van der Waals surface area contributed by atoms with Gasteiger partial charge >= 0.3 is 11.4 Å². The van der Waals surface area contributed by atoms with E-state index in [0.29, 0.717) is 16.5 Å². The minimum atomic E-state index is -1.76. The fourth-order valence-corrected chi connectivity index (χ4v) is 1.94. The first-order valence-corrected chi connectivity index (χ1v) is 4.83. The van der Waals surface area contributed by atoms with E-state index in [0.717, 1.165) is 5.56 Å². The van der Waals surface area contributed by atoms with E-state index < -0.39 is 11.4 Å². The van der Waals surface area contributed by atoms with Gasteiger partial charge in [-0.3, -0.25) is 0 Å². The highest BCUT2D eigenvalue weighted by Crippen LogP contribution is 2.42. The quantitative estimate of drug-likeness (QED) is 0.723. The van der Waals surface area contributed by atoms with Gasteiger partial charge in [-0.15, -0.1) is 0 Å². The Morgan fingerprint density at radius 1 is 1.46 bits per heavy atom. The zero-order chi connectivity index (χ0) is 9.42. The molecular formula is C8H5ClO3S. The van der Waals surface area contributed by atoms with Crippen molar-refractivity contribution in [1.29, 1.82) is 0 Å². The van der Waals surface area contributed by atoms with Gasteiger partial charge in [-0.2, -0.15) is 4.21 Å². The lowest BCUT2D eigenvalue weighted by molar-refractivity contribution is 0.520. The van der Waals surface area contributed by atoms with Gasteiger partial charge in [-0.05, 0) is 17.7 Å². The highest BCUT2D eigenvalue weighted by molar-refractivity contribution is 7.76. The highest BCUT2D eigenvalue weighted by Gasteiger charge is 2.25. The molecule has 1 unspecified atom stereocenters. The highest BCUT2D eigenvalue weighted by atomic mass is 35.5. The number of hydrogen-bond acceptors (Lipinski definition) is 3. The number of hydrogen-bond donors (Lipinski definition) is 0. The molecule has 0 aliphatic carbocycles. The average Bonchev–Trinajstić information content (AvgIpc) is 2.47.